The van der Waals surface area contributed by atoms with Gasteiger partial charge in [-0.25, -0.2) is 4.68 Å². The van der Waals surface area contributed by atoms with E-state index in [-0.39, 0.29) is 0 Å². The number of aromatic nitrogens is 2. The molecule has 1 fully saturated rings. The average Bonchev–Trinajstić information content (AvgIpc) is 2.98. The molecule has 2 N–H and O–H groups in total. The summed E-state index contributed by atoms with van der Waals surface area (Å²) in [5.41, 5.74) is 1.93. The molecule has 1 saturated heterocycles. The summed E-state index contributed by atoms with van der Waals surface area (Å²) in [7, 11) is 0. The minimum absolute atomic E-state index is 0.342. The zero-order chi connectivity index (χ0) is 13.1. The van der Waals surface area contributed by atoms with Gasteiger partial charge in [-0.05, 0) is 44.0 Å². The van der Waals surface area contributed by atoms with Crippen LogP contribution in [0, 0.1) is 5.92 Å². The second-order valence-corrected chi connectivity index (χ2v) is 5.09. The second kappa shape index (κ2) is 5.55. The van der Waals surface area contributed by atoms with Gasteiger partial charge in [0.25, 0.3) is 0 Å². The molecule has 0 bridgehead atoms. The summed E-state index contributed by atoms with van der Waals surface area (Å²) >= 11 is 0. The molecule has 2 heterocycles. The average molecular weight is 257 g/mol. The molecule has 1 aromatic heterocycles. The minimum atomic E-state index is -0.403. The molecule has 0 radical (unpaired) electrons. The molecular formula is C15H19N3O. The van der Waals surface area contributed by atoms with E-state index in [1.165, 1.54) is 0 Å². The minimum Gasteiger partial charge on any atom is -0.388 e. The Bertz CT molecular complexity index is 517. The number of benzene rings is 1. The third kappa shape index (κ3) is 2.69. The first-order valence-corrected chi connectivity index (χ1v) is 6.83. The van der Waals surface area contributed by atoms with Gasteiger partial charge in [0.05, 0.1) is 18.0 Å². The maximum Gasteiger partial charge on any atom is 0.0849 e. The Labute approximate surface area is 113 Å². The summed E-state index contributed by atoms with van der Waals surface area (Å²) in [5, 5.41) is 18.1. The molecule has 1 aliphatic heterocycles. The van der Waals surface area contributed by atoms with Crippen molar-refractivity contribution in [2.24, 2.45) is 5.92 Å². The lowest BCUT2D eigenvalue weighted by atomic mass is 9.89. The van der Waals surface area contributed by atoms with Crippen LogP contribution in [-0.2, 0) is 0 Å². The summed E-state index contributed by atoms with van der Waals surface area (Å²) in [4.78, 5) is 0. The van der Waals surface area contributed by atoms with Gasteiger partial charge in [0.2, 0.25) is 0 Å². The Morgan fingerprint density at radius 1 is 1.21 bits per heavy atom. The van der Waals surface area contributed by atoms with Crippen molar-refractivity contribution in [3.8, 4) is 5.69 Å². The number of rotatable bonds is 3. The Kier molecular flexibility index (Phi) is 3.62. The molecule has 4 heteroatoms. The van der Waals surface area contributed by atoms with Crippen molar-refractivity contribution in [2.75, 3.05) is 13.1 Å². The standard InChI is InChI=1S/C15H19N3O/c19-15(12-6-8-16-9-7-12)13-10-17-18(11-13)14-4-2-1-3-5-14/h1-5,10-12,15-16,19H,6-9H2. The van der Waals surface area contributed by atoms with Crippen LogP contribution in [-0.4, -0.2) is 28.0 Å². The van der Waals surface area contributed by atoms with Crippen molar-refractivity contribution in [1.82, 2.24) is 15.1 Å². The van der Waals surface area contributed by atoms with Gasteiger partial charge in [0, 0.05) is 11.8 Å². The van der Waals surface area contributed by atoms with Gasteiger partial charge in [-0.1, -0.05) is 18.2 Å². The Hall–Kier alpha value is -1.65. The van der Waals surface area contributed by atoms with Crippen molar-refractivity contribution in [2.45, 2.75) is 18.9 Å². The lowest BCUT2D eigenvalue weighted by Gasteiger charge is -2.26. The SMILES string of the molecule is OC(c1cnn(-c2ccccc2)c1)C1CCNCC1. The summed E-state index contributed by atoms with van der Waals surface area (Å²) in [5.74, 6) is 0.342. The molecule has 0 aliphatic carbocycles. The number of nitrogens with zero attached hydrogens (tertiary/aromatic N) is 2. The van der Waals surface area contributed by atoms with Gasteiger partial charge in [0.1, 0.15) is 0 Å². The smallest absolute Gasteiger partial charge is 0.0849 e. The number of para-hydroxylation sites is 1. The molecule has 1 atom stereocenters. The normalized spacial score (nSPS) is 18.4. The van der Waals surface area contributed by atoms with Gasteiger partial charge in [0.15, 0.2) is 0 Å². The first kappa shape index (κ1) is 12.4. The van der Waals surface area contributed by atoms with E-state index in [1.807, 2.05) is 41.2 Å². The molecule has 1 aromatic carbocycles. The van der Waals surface area contributed by atoms with Gasteiger partial charge < -0.3 is 10.4 Å². The van der Waals surface area contributed by atoms with Crippen molar-refractivity contribution in [3.05, 3.63) is 48.3 Å². The summed E-state index contributed by atoms with van der Waals surface area (Å²) in [6, 6.07) is 9.97. The summed E-state index contributed by atoms with van der Waals surface area (Å²) in [6.45, 7) is 1.99. The molecule has 4 nitrogen and oxygen atoms in total. The molecule has 100 valence electrons. The van der Waals surface area contributed by atoms with E-state index in [2.05, 4.69) is 10.4 Å². The molecule has 1 unspecified atom stereocenters. The van der Waals surface area contributed by atoms with E-state index in [0.717, 1.165) is 37.2 Å². The lowest BCUT2D eigenvalue weighted by molar-refractivity contribution is 0.0889. The van der Waals surface area contributed by atoms with E-state index in [4.69, 9.17) is 0 Å². The Balaban J connectivity index is 1.77. The molecular weight excluding hydrogens is 238 g/mol. The van der Waals surface area contributed by atoms with Gasteiger partial charge in [-0.15, -0.1) is 0 Å². The number of aliphatic hydroxyl groups excluding tert-OH is 1. The number of nitrogens with one attached hydrogen (secondary N) is 1. The molecule has 19 heavy (non-hydrogen) atoms. The van der Waals surface area contributed by atoms with E-state index in [0.29, 0.717) is 5.92 Å². The molecule has 3 rings (SSSR count). The number of piperidine rings is 1. The highest BCUT2D eigenvalue weighted by atomic mass is 16.3. The maximum absolute atomic E-state index is 10.4. The van der Waals surface area contributed by atoms with Crippen LogP contribution >= 0.6 is 0 Å². The van der Waals surface area contributed by atoms with Gasteiger partial charge in [-0.3, -0.25) is 0 Å². The number of aliphatic hydroxyl groups is 1. The summed E-state index contributed by atoms with van der Waals surface area (Å²) in [6.07, 6.45) is 5.36. The lowest BCUT2D eigenvalue weighted by Crippen LogP contribution is -2.30. The van der Waals surface area contributed by atoms with Crippen LogP contribution in [0.15, 0.2) is 42.7 Å². The van der Waals surface area contributed by atoms with Gasteiger partial charge >= 0.3 is 0 Å². The third-order valence-electron chi connectivity index (χ3n) is 3.80. The predicted molar refractivity (Wildman–Crippen MR) is 74.1 cm³/mol. The van der Waals surface area contributed by atoms with E-state index >= 15 is 0 Å². The maximum atomic E-state index is 10.4. The fourth-order valence-corrected chi connectivity index (χ4v) is 2.64. The van der Waals surface area contributed by atoms with E-state index in [9.17, 15) is 5.11 Å². The molecule has 0 saturated carbocycles. The predicted octanol–water partition coefficient (Wildman–Crippen LogP) is 1.91. The van der Waals surface area contributed by atoms with Gasteiger partial charge in [-0.2, -0.15) is 5.10 Å². The van der Waals surface area contributed by atoms with Crippen LogP contribution in [0.25, 0.3) is 5.69 Å². The fraction of sp³-hybridized carbons (Fsp3) is 0.400. The van der Waals surface area contributed by atoms with Crippen LogP contribution in [0.4, 0.5) is 0 Å². The molecule has 1 aliphatic rings. The fourth-order valence-electron chi connectivity index (χ4n) is 2.64. The second-order valence-electron chi connectivity index (χ2n) is 5.09. The topological polar surface area (TPSA) is 50.1 Å². The van der Waals surface area contributed by atoms with Crippen LogP contribution < -0.4 is 5.32 Å². The van der Waals surface area contributed by atoms with E-state index < -0.39 is 6.10 Å². The highest BCUT2D eigenvalue weighted by Gasteiger charge is 2.23. The molecule has 0 amide bonds. The van der Waals surface area contributed by atoms with Crippen LogP contribution in [0.1, 0.15) is 24.5 Å². The largest absolute Gasteiger partial charge is 0.388 e. The van der Waals surface area contributed by atoms with Crippen molar-refractivity contribution in [1.29, 1.82) is 0 Å². The monoisotopic (exact) mass is 257 g/mol. The molecule has 2 aromatic rings. The molecule has 0 spiro atoms. The first-order chi connectivity index (χ1) is 9.34. The van der Waals surface area contributed by atoms with E-state index in [1.54, 1.807) is 6.20 Å². The Morgan fingerprint density at radius 2 is 1.95 bits per heavy atom. The Morgan fingerprint density at radius 3 is 2.68 bits per heavy atom. The summed E-state index contributed by atoms with van der Waals surface area (Å²) < 4.78 is 1.82. The van der Waals surface area contributed by atoms with Crippen LogP contribution in [0.3, 0.4) is 0 Å². The van der Waals surface area contributed by atoms with Crippen LogP contribution in [0.2, 0.25) is 0 Å². The first-order valence-electron chi connectivity index (χ1n) is 6.83. The zero-order valence-corrected chi connectivity index (χ0v) is 10.9. The van der Waals surface area contributed by atoms with Crippen molar-refractivity contribution >= 4 is 0 Å². The van der Waals surface area contributed by atoms with Crippen molar-refractivity contribution in [3.63, 3.8) is 0 Å². The third-order valence-corrected chi connectivity index (χ3v) is 3.80. The number of hydrogen-bond donors (Lipinski definition) is 2. The van der Waals surface area contributed by atoms with Crippen molar-refractivity contribution < 1.29 is 5.11 Å². The number of hydrogen-bond acceptors (Lipinski definition) is 3. The quantitative estimate of drug-likeness (QED) is 0.883. The highest BCUT2D eigenvalue weighted by Crippen LogP contribution is 2.28. The van der Waals surface area contributed by atoms with Crippen LogP contribution in [0.5, 0.6) is 0 Å². The zero-order valence-electron chi connectivity index (χ0n) is 10.9. The highest BCUT2D eigenvalue weighted by molar-refractivity contribution is 5.31.